The number of likely N-dealkylation sites (N-methyl/N-ethyl adjacent to an activating group) is 1. The first-order valence-corrected chi connectivity index (χ1v) is 7.90. The molecule has 0 aliphatic rings. The van der Waals surface area contributed by atoms with E-state index in [1.807, 2.05) is 37.3 Å². The maximum atomic E-state index is 12.4. The summed E-state index contributed by atoms with van der Waals surface area (Å²) >= 11 is 0. The average molecular weight is 335 g/mol. The number of hydrogen-bond donors (Lipinski definition) is 2. The SMILES string of the molecule is C#Cc1cccc(N(CC(=O)NC)CC(=O)Nc2ccc(C)cc2)c1. The molecule has 2 aromatic rings. The number of carbonyl (C=O) groups is 2. The van der Waals surface area contributed by atoms with Crippen LogP contribution in [0.4, 0.5) is 11.4 Å². The third-order valence-corrected chi connectivity index (χ3v) is 3.66. The van der Waals surface area contributed by atoms with Crippen molar-refractivity contribution in [2.75, 3.05) is 30.4 Å². The highest BCUT2D eigenvalue weighted by Gasteiger charge is 2.15. The molecule has 5 heteroatoms. The van der Waals surface area contributed by atoms with Crippen LogP contribution >= 0.6 is 0 Å². The van der Waals surface area contributed by atoms with Gasteiger partial charge >= 0.3 is 0 Å². The molecule has 0 unspecified atom stereocenters. The molecule has 0 aliphatic heterocycles. The number of terminal acetylenes is 1. The highest BCUT2D eigenvalue weighted by molar-refractivity contribution is 5.95. The maximum absolute atomic E-state index is 12.4. The molecule has 0 aromatic heterocycles. The van der Waals surface area contributed by atoms with E-state index in [2.05, 4.69) is 16.6 Å². The summed E-state index contributed by atoms with van der Waals surface area (Å²) in [6.07, 6.45) is 5.43. The zero-order chi connectivity index (χ0) is 18.2. The first-order valence-electron chi connectivity index (χ1n) is 7.90. The molecule has 25 heavy (non-hydrogen) atoms. The monoisotopic (exact) mass is 335 g/mol. The maximum Gasteiger partial charge on any atom is 0.243 e. The van der Waals surface area contributed by atoms with E-state index in [9.17, 15) is 9.59 Å². The molecule has 0 atom stereocenters. The van der Waals surface area contributed by atoms with E-state index in [1.54, 1.807) is 30.1 Å². The zero-order valence-corrected chi connectivity index (χ0v) is 14.4. The second-order valence-corrected chi connectivity index (χ2v) is 5.64. The van der Waals surface area contributed by atoms with Crippen molar-refractivity contribution in [3.05, 3.63) is 59.7 Å². The Morgan fingerprint density at radius 2 is 1.76 bits per heavy atom. The summed E-state index contributed by atoms with van der Waals surface area (Å²) in [6.45, 7) is 2.08. The predicted octanol–water partition coefficient (Wildman–Crippen LogP) is 2.17. The van der Waals surface area contributed by atoms with Gasteiger partial charge < -0.3 is 15.5 Å². The van der Waals surface area contributed by atoms with Crippen LogP contribution in [0.5, 0.6) is 0 Å². The Morgan fingerprint density at radius 3 is 2.40 bits per heavy atom. The summed E-state index contributed by atoms with van der Waals surface area (Å²) < 4.78 is 0. The topological polar surface area (TPSA) is 61.4 Å². The van der Waals surface area contributed by atoms with Gasteiger partial charge in [0.1, 0.15) is 0 Å². The van der Waals surface area contributed by atoms with Gasteiger partial charge in [0.2, 0.25) is 11.8 Å². The Bertz CT molecular complexity index is 791. The lowest BCUT2D eigenvalue weighted by Gasteiger charge is -2.23. The molecule has 0 spiro atoms. The van der Waals surface area contributed by atoms with Crippen LogP contribution in [0.3, 0.4) is 0 Å². The van der Waals surface area contributed by atoms with E-state index in [0.717, 1.165) is 11.3 Å². The Hall–Kier alpha value is -3.26. The molecule has 128 valence electrons. The summed E-state index contributed by atoms with van der Waals surface area (Å²) in [5.74, 6) is 2.16. The molecule has 2 N–H and O–H groups in total. The van der Waals surface area contributed by atoms with Crippen molar-refractivity contribution in [1.29, 1.82) is 0 Å². The average Bonchev–Trinajstić information content (AvgIpc) is 2.63. The number of nitrogens with one attached hydrogen (secondary N) is 2. The summed E-state index contributed by atoms with van der Waals surface area (Å²) in [5.41, 5.74) is 3.25. The highest BCUT2D eigenvalue weighted by atomic mass is 16.2. The Labute approximate surface area is 148 Å². The number of aryl methyl sites for hydroxylation is 1. The summed E-state index contributed by atoms with van der Waals surface area (Å²) in [4.78, 5) is 25.9. The quantitative estimate of drug-likeness (QED) is 0.796. The van der Waals surface area contributed by atoms with Gasteiger partial charge in [0, 0.05) is 24.0 Å². The van der Waals surface area contributed by atoms with E-state index < -0.39 is 0 Å². The van der Waals surface area contributed by atoms with Crippen LogP contribution in [0.2, 0.25) is 0 Å². The molecule has 5 nitrogen and oxygen atoms in total. The van der Waals surface area contributed by atoms with Crippen LogP contribution in [0.1, 0.15) is 11.1 Å². The van der Waals surface area contributed by atoms with Crippen molar-refractivity contribution in [3.63, 3.8) is 0 Å². The van der Waals surface area contributed by atoms with E-state index in [0.29, 0.717) is 11.3 Å². The number of benzene rings is 2. The second-order valence-electron chi connectivity index (χ2n) is 5.64. The summed E-state index contributed by atoms with van der Waals surface area (Å²) in [7, 11) is 1.56. The van der Waals surface area contributed by atoms with Crippen molar-refractivity contribution >= 4 is 23.2 Å². The molecule has 2 amide bonds. The van der Waals surface area contributed by atoms with Crippen molar-refractivity contribution in [3.8, 4) is 12.3 Å². The number of hydrogen-bond acceptors (Lipinski definition) is 3. The minimum Gasteiger partial charge on any atom is -0.358 e. The van der Waals surface area contributed by atoms with Crippen molar-refractivity contribution in [2.24, 2.45) is 0 Å². The van der Waals surface area contributed by atoms with Crippen LogP contribution in [-0.2, 0) is 9.59 Å². The largest absolute Gasteiger partial charge is 0.358 e. The van der Waals surface area contributed by atoms with Gasteiger partial charge in [0.05, 0.1) is 13.1 Å². The molecular formula is C20H21N3O2. The highest BCUT2D eigenvalue weighted by Crippen LogP contribution is 2.16. The number of anilines is 2. The van der Waals surface area contributed by atoms with Crippen LogP contribution in [-0.4, -0.2) is 32.0 Å². The summed E-state index contributed by atoms with van der Waals surface area (Å²) in [5, 5.41) is 5.41. The number of nitrogens with zero attached hydrogens (tertiary/aromatic N) is 1. The van der Waals surface area contributed by atoms with Gasteiger partial charge in [-0.2, -0.15) is 0 Å². The fourth-order valence-electron chi connectivity index (χ4n) is 2.29. The number of rotatable bonds is 6. The van der Waals surface area contributed by atoms with Crippen LogP contribution in [0.25, 0.3) is 0 Å². The zero-order valence-electron chi connectivity index (χ0n) is 14.4. The standard InChI is InChI=1S/C20H21N3O2/c1-4-16-6-5-7-18(12-16)23(13-19(24)21-3)14-20(25)22-17-10-8-15(2)9-11-17/h1,5-12H,13-14H2,2-3H3,(H,21,24)(H,22,25). The van der Waals surface area contributed by atoms with E-state index >= 15 is 0 Å². The van der Waals surface area contributed by atoms with Gasteiger partial charge in [-0.1, -0.05) is 29.7 Å². The number of carbonyl (C=O) groups excluding carboxylic acids is 2. The fourth-order valence-corrected chi connectivity index (χ4v) is 2.29. The lowest BCUT2D eigenvalue weighted by Crippen LogP contribution is -2.40. The van der Waals surface area contributed by atoms with Crippen LogP contribution < -0.4 is 15.5 Å². The Morgan fingerprint density at radius 1 is 1.08 bits per heavy atom. The third kappa shape index (κ3) is 5.40. The molecule has 0 bridgehead atoms. The van der Waals surface area contributed by atoms with Crippen molar-refractivity contribution < 1.29 is 9.59 Å². The molecule has 0 radical (unpaired) electrons. The Balaban J connectivity index is 2.14. The van der Waals surface area contributed by atoms with Crippen LogP contribution in [0, 0.1) is 19.3 Å². The molecule has 0 heterocycles. The van der Waals surface area contributed by atoms with Crippen LogP contribution in [0.15, 0.2) is 48.5 Å². The molecule has 0 aliphatic carbocycles. The van der Waals surface area contributed by atoms with Gasteiger partial charge in [-0.05, 0) is 37.3 Å². The second kappa shape index (κ2) is 8.55. The first-order chi connectivity index (χ1) is 12.0. The van der Waals surface area contributed by atoms with Crippen molar-refractivity contribution in [2.45, 2.75) is 6.92 Å². The molecule has 0 fully saturated rings. The molecule has 0 saturated heterocycles. The lowest BCUT2D eigenvalue weighted by atomic mass is 10.2. The van der Waals surface area contributed by atoms with Gasteiger partial charge in [-0.3, -0.25) is 9.59 Å². The fraction of sp³-hybridized carbons (Fsp3) is 0.200. The smallest absolute Gasteiger partial charge is 0.243 e. The molecule has 2 rings (SSSR count). The van der Waals surface area contributed by atoms with Gasteiger partial charge in [-0.15, -0.1) is 6.42 Å². The van der Waals surface area contributed by atoms with Gasteiger partial charge in [0.15, 0.2) is 0 Å². The first kappa shape index (κ1) is 18.1. The van der Waals surface area contributed by atoms with E-state index in [4.69, 9.17) is 6.42 Å². The molecule has 0 saturated carbocycles. The molecular weight excluding hydrogens is 314 g/mol. The summed E-state index contributed by atoms with van der Waals surface area (Å²) in [6, 6.07) is 14.7. The van der Waals surface area contributed by atoms with E-state index in [-0.39, 0.29) is 24.9 Å². The minimum absolute atomic E-state index is 0.0370. The Kier molecular flexibility index (Phi) is 6.19. The molecule has 2 aromatic carbocycles. The lowest BCUT2D eigenvalue weighted by molar-refractivity contribution is -0.119. The minimum atomic E-state index is -0.209. The van der Waals surface area contributed by atoms with Gasteiger partial charge in [-0.25, -0.2) is 0 Å². The number of amides is 2. The van der Waals surface area contributed by atoms with E-state index in [1.165, 1.54) is 0 Å². The predicted molar refractivity (Wildman–Crippen MR) is 100 cm³/mol. The van der Waals surface area contributed by atoms with Gasteiger partial charge in [0.25, 0.3) is 0 Å². The van der Waals surface area contributed by atoms with Crippen molar-refractivity contribution in [1.82, 2.24) is 5.32 Å². The normalized spacial score (nSPS) is 9.80. The third-order valence-electron chi connectivity index (χ3n) is 3.66.